The van der Waals surface area contributed by atoms with Crippen LogP contribution in [0.4, 0.5) is 0 Å². The van der Waals surface area contributed by atoms with Gasteiger partial charge in [0.2, 0.25) is 0 Å². The van der Waals surface area contributed by atoms with Gasteiger partial charge in [0.15, 0.2) is 0 Å². The summed E-state index contributed by atoms with van der Waals surface area (Å²) in [5.41, 5.74) is 0. The number of thioether (sulfide) groups is 1. The Morgan fingerprint density at radius 2 is 2.33 bits per heavy atom. The molecule has 2 atom stereocenters. The van der Waals surface area contributed by atoms with Crippen molar-refractivity contribution in [2.75, 3.05) is 12.4 Å². The molecule has 0 aliphatic carbocycles. The summed E-state index contributed by atoms with van der Waals surface area (Å²) < 4.78 is 0. The summed E-state index contributed by atoms with van der Waals surface area (Å²) in [6.45, 7) is 0.117. The summed E-state index contributed by atoms with van der Waals surface area (Å²) in [5, 5.41) is 18.0. The molecule has 1 saturated heterocycles. The highest BCUT2D eigenvalue weighted by Gasteiger charge is 2.21. The Hall–Kier alpha value is 0.270. The summed E-state index contributed by atoms with van der Waals surface area (Å²) in [4.78, 5) is 0. The number of aliphatic hydroxyl groups is 2. The summed E-state index contributed by atoms with van der Waals surface area (Å²) >= 11 is 1.67. The second-order valence-electron chi connectivity index (χ2n) is 2.30. The highest BCUT2D eigenvalue weighted by atomic mass is 32.2. The monoisotopic (exact) mass is 148 g/mol. The normalized spacial score (nSPS) is 36.7. The van der Waals surface area contributed by atoms with Crippen molar-refractivity contribution in [2.45, 2.75) is 24.2 Å². The van der Waals surface area contributed by atoms with Gasteiger partial charge in [0.25, 0.3) is 0 Å². The maximum Gasteiger partial charge on any atom is 0.0681 e. The molecule has 0 radical (unpaired) electrons. The topological polar surface area (TPSA) is 40.5 Å². The molecule has 0 aromatic rings. The van der Waals surface area contributed by atoms with E-state index in [0.717, 1.165) is 18.6 Å². The van der Waals surface area contributed by atoms with Crippen molar-refractivity contribution in [1.29, 1.82) is 0 Å². The lowest BCUT2D eigenvalue weighted by atomic mass is 10.1. The summed E-state index contributed by atoms with van der Waals surface area (Å²) in [7, 11) is 0. The second-order valence-corrected chi connectivity index (χ2v) is 3.65. The van der Waals surface area contributed by atoms with E-state index >= 15 is 0 Å². The van der Waals surface area contributed by atoms with Gasteiger partial charge in [-0.3, -0.25) is 0 Å². The van der Waals surface area contributed by atoms with E-state index in [2.05, 4.69) is 0 Å². The first kappa shape index (κ1) is 7.38. The number of hydrogen-bond acceptors (Lipinski definition) is 3. The zero-order valence-electron chi connectivity index (χ0n) is 5.29. The molecule has 0 saturated carbocycles. The van der Waals surface area contributed by atoms with Crippen molar-refractivity contribution in [3.05, 3.63) is 0 Å². The summed E-state index contributed by atoms with van der Waals surface area (Å²) in [6.07, 6.45) is 1.68. The minimum absolute atomic E-state index is 0.0822. The third-order valence-corrected chi connectivity index (χ3v) is 3.00. The lowest BCUT2D eigenvalue weighted by Gasteiger charge is -2.24. The second kappa shape index (κ2) is 3.44. The molecule has 1 fully saturated rings. The fourth-order valence-electron chi connectivity index (χ4n) is 0.999. The lowest BCUT2D eigenvalue weighted by molar-refractivity contribution is 0.128. The molecule has 1 rings (SSSR count). The average Bonchev–Trinajstić information content (AvgIpc) is 1.89. The first-order valence-electron chi connectivity index (χ1n) is 3.25. The Bertz CT molecular complexity index is 87.1. The fraction of sp³-hybridized carbons (Fsp3) is 1.00. The van der Waals surface area contributed by atoms with Gasteiger partial charge in [-0.15, -0.1) is 0 Å². The molecule has 2 N–H and O–H groups in total. The van der Waals surface area contributed by atoms with E-state index in [0.29, 0.717) is 0 Å². The van der Waals surface area contributed by atoms with E-state index in [1.807, 2.05) is 0 Å². The number of aliphatic hydroxyl groups excluding tert-OH is 2. The van der Waals surface area contributed by atoms with Crippen molar-refractivity contribution in [3.8, 4) is 0 Å². The third kappa shape index (κ3) is 1.85. The van der Waals surface area contributed by atoms with Crippen molar-refractivity contribution in [1.82, 2.24) is 0 Å². The van der Waals surface area contributed by atoms with Crippen molar-refractivity contribution < 1.29 is 10.2 Å². The smallest absolute Gasteiger partial charge is 0.0681 e. The largest absolute Gasteiger partial charge is 0.395 e. The van der Waals surface area contributed by atoms with Crippen LogP contribution in [0, 0.1) is 0 Å². The minimum atomic E-state index is -0.270. The Kier molecular flexibility index (Phi) is 2.82. The van der Waals surface area contributed by atoms with Gasteiger partial charge >= 0.3 is 0 Å². The van der Waals surface area contributed by atoms with Crippen molar-refractivity contribution >= 4 is 11.8 Å². The summed E-state index contributed by atoms with van der Waals surface area (Å²) in [6, 6.07) is 0. The van der Waals surface area contributed by atoms with Gasteiger partial charge in [-0.1, -0.05) is 0 Å². The molecule has 0 bridgehead atoms. The molecule has 1 aliphatic heterocycles. The molecular weight excluding hydrogens is 136 g/mol. The van der Waals surface area contributed by atoms with Gasteiger partial charge in [-0.25, -0.2) is 0 Å². The molecule has 2 nitrogen and oxygen atoms in total. The van der Waals surface area contributed by atoms with Gasteiger partial charge in [0.1, 0.15) is 0 Å². The Morgan fingerprint density at radius 3 is 2.78 bits per heavy atom. The van der Waals surface area contributed by atoms with Gasteiger partial charge in [0, 0.05) is 0 Å². The van der Waals surface area contributed by atoms with E-state index in [-0.39, 0.29) is 18.0 Å². The van der Waals surface area contributed by atoms with Crippen LogP contribution in [0.1, 0.15) is 12.8 Å². The zero-order valence-corrected chi connectivity index (χ0v) is 6.10. The van der Waals surface area contributed by atoms with Gasteiger partial charge in [0.05, 0.1) is 18.0 Å². The highest BCUT2D eigenvalue weighted by Crippen LogP contribution is 2.24. The molecule has 0 amide bonds. The van der Waals surface area contributed by atoms with Crippen LogP contribution in [0.25, 0.3) is 0 Å². The van der Waals surface area contributed by atoms with Crippen LogP contribution in [-0.4, -0.2) is 33.9 Å². The molecule has 3 heteroatoms. The van der Waals surface area contributed by atoms with Crippen molar-refractivity contribution in [3.63, 3.8) is 0 Å². The van der Waals surface area contributed by atoms with E-state index in [9.17, 15) is 5.11 Å². The Balaban J connectivity index is 2.30. The van der Waals surface area contributed by atoms with Crippen LogP contribution in [0.5, 0.6) is 0 Å². The SMILES string of the molecule is OC[C@@H]1SCCC[C@@H]1O. The fourth-order valence-corrected chi connectivity index (χ4v) is 2.10. The molecule has 1 heterocycles. The van der Waals surface area contributed by atoms with Crippen LogP contribution >= 0.6 is 11.8 Å². The van der Waals surface area contributed by atoms with Gasteiger partial charge < -0.3 is 10.2 Å². The molecule has 0 unspecified atom stereocenters. The lowest BCUT2D eigenvalue weighted by Crippen LogP contribution is -2.30. The van der Waals surface area contributed by atoms with E-state index in [1.165, 1.54) is 0 Å². The molecule has 9 heavy (non-hydrogen) atoms. The van der Waals surface area contributed by atoms with Gasteiger partial charge in [-0.2, -0.15) is 11.8 Å². The first-order valence-corrected chi connectivity index (χ1v) is 4.30. The first-order chi connectivity index (χ1) is 4.34. The standard InChI is InChI=1S/C6H12O2S/c7-4-6-5(8)2-1-3-9-6/h5-8H,1-4H2/t5-,6-/m0/s1. The maximum absolute atomic E-state index is 9.19. The highest BCUT2D eigenvalue weighted by molar-refractivity contribution is 8.00. The quantitative estimate of drug-likeness (QED) is 0.559. The van der Waals surface area contributed by atoms with E-state index in [1.54, 1.807) is 11.8 Å². The predicted molar refractivity (Wildman–Crippen MR) is 38.6 cm³/mol. The molecule has 54 valence electrons. The van der Waals surface area contributed by atoms with Gasteiger partial charge in [-0.05, 0) is 18.6 Å². The van der Waals surface area contributed by atoms with Crippen LogP contribution in [0.2, 0.25) is 0 Å². The molecule has 0 aromatic heterocycles. The van der Waals surface area contributed by atoms with Crippen LogP contribution in [0.3, 0.4) is 0 Å². The maximum atomic E-state index is 9.19. The van der Waals surface area contributed by atoms with E-state index in [4.69, 9.17) is 5.11 Å². The third-order valence-electron chi connectivity index (χ3n) is 1.59. The summed E-state index contributed by atoms with van der Waals surface area (Å²) in [5.74, 6) is 1.09. The Morgan fingerprint density at radius 1 is 1.56 bits per heavy atom. The van der Waals surface area contributed by atoms with Crippen molar-refractivity contribution in [2.24, 2.45) is 0 Å². The molecule has 1 aliphatic rings. The molecule has 0 aromatic carbocycles. The minimum Gasteiger partial charge on any atom is -0.395 e. The van der Waals surface area contributed by atoms with Crippen LogP contribution < -0.4 is 0 Å². The molecular formula is C6H12O2S. The van der Waals surface area contributed by atoms with Crippen LogP contribution in [-0.2, 0) is 0 Å². The average molecular weight is 148 g/mol. The van der Waals surface area contributed by atoms with Crippen LogP contribution in [0.15, 0.2) is 0 Å². The predicted octanol–water partition coefficient (Wildman–Crippen LogP) is 0.235. The molecule has 0 spiro atoms. The number of hydrogen-bond donors (Lipinski definition) is 2. The van der Waals surface area contributed by atoms with E-state index < -0.39 is 0 Å². The zero-order chi connectivity index (χ0) is 6.69. The number of rotatable bonds is 1. The Labute approximate surface area is 59.3 Å².